The van der Waals surface area contributed by atoms with E-state index in [1.807, 2.05) is 0 Å². The summed E-state index contributed by atoms with van der Waals surface area (Å²) < 4.78 is 52.8. The van der Waals surface area contributed by atoms with E-state index < -0.39 is 35.0 Å². The Kier molecular flexibility index (Phi) is 3.56. The SMILES string of the molecule is O=C1C(=C(F)c2ccccc2)C(O)c2cc(C(F)(F)F)ccc21. The molecule has 2 aromatic carbocycles. The summed E-state index contributed by atoms with van der Waals surface area (Å²) >= 11 is 0. The monoisotopic (exact) mass is 322 g/mol. The highest BCUT2D eigenvalue weighted by Crippen LogP contribution is 2.42. The first-order chi connectivity index (χ1) is 10.8. The van der Waals surface area contributed by atoms with Crippen molar-refractivity contribution in [3.05, 3.63) is 76.4 Å². The van der Waals surface area contributed by atoms with E-state index in [1.165, 1.54) is 12.1 Å². The van der Waals surface area contributed by atoms with E-state index in [0.717, 1.165) is 12.1 Å². The Balaban J connectivity index is 2.13. The average Bonchev–Trinajstić information content (AvgIpc) is 2.78. The summed E-state index contributed by atoms with van der Waals surface area (Å²) in [4.78, 5) is 12.2. The summed E-state index contributed by atoms with van der Waals surface area (Å²) in [6, 6.07) is 9.97. The number of benzene rings is 2. The Morgan fingerprint density at radius 1 is 1.04 bits per heavy atom. The van der Waals surface area contributed by atoms with E-state index in [0.29, 0.717) is 6.07 Å². The Morgan fingerprint density at radius 2 is 1.70 bits per heavy atom. The topological polar surface area (TPSA) is 37.3 Å². The summed E-state index contributed by atoms with van der Waals surface area (Å²) in [6.45, 7) is 0. The van der Waals surface area contributed by atoms with E-state index in [9.17, 15) is 27.5 Å². The third-order valence-electron chi connectivity index (χ3n) is 3.70. The molecule has 118 valence electrons. The second kappa shape index (κ2) is 5.31. The summed E-state index contributed by atoms with van der Waals surface area (Å²) in [6.07, 6.45) is -6.33. The molecule has 0 saturated heterocycles. The van der Waals surface area contributed by atoms with Crippen molar-refractivity contribution in [1.82, 2.24) is 0 Å². The quantitative estimate of drug-likeness (QED) is 0.627. The molecule has 0 aliphatic heterocycles. The maximum absolute atomic E-state index is 14.5. The molecule has 3 rings (SSSR count). The van der Waals surface area contributed by atoms with Crippen LogP contribution in [0, 0.1) is 0 Å². The van der Waals surface area contributed by atoms with Crippen LogP contribution in [-0.4, -0.2) is 10.9 Å². The van der Waals surface area contributed by atoms with Gasteiger partial charge in [0, 0.05) is 11.1 Å². The van der Waals surface area contributed by atoms with Crippen molar-refractivity contribution in [2.75, 3.05) is 0 Å². The van der Waals surface area contributed by atoms with Crippen LogP contribution in [0.5, 0.6) is 0 Å². The molecule has 23 heavy (non-hydrogen) atoms. The fourth-order valence-electron chi connectivity index (χ4n) is 2.56. The van der Waals surface area contributed by atoms with Crippen molar-refractivity contribution in [3.8, 4) is 0 Å². The number of fused-ring (bicyclic) bond motifs is 1. The molecule has 0 saturated carbocycles. The van der Waals surface area contributed by atoms with Crippen LogP contribution >= 0.6 is 0 Å². The number of ketones is 1. The molecule has 2 aromatic rings. The Bertz CT molecular complexity index is 807. The summed E-state index contributed by atoms with van der Waals surface area (Å²) in [5.41, 5.74) is -1.80. The highest BCUT2D eigenvalue weighted by molar-refractivity contribution is 6.17. The number of hydrogen-bond acceptors (Lipinski definition) is 2. The molecule has 0 heterocycles. The number of halogens is 4. The number of carbonyl (C=O) groups excluding carboxylic acids is 1. The summed E-state index contributed by atoms with van der Waals surface area (Å²) in [5, 5.41) is 10.1. The van der Waals surface area contributed by atoms with E-state index in [1.54, 1.807) is 18.2 Å². The molecule has 1 aliphatic carbocycles. The standard InChI is InChI=1S/C17H10F4O2/c18-14(9-4-2-1-3-5-9)13-15(22)11-7-6-10(17(19,20)21)8-12(11)16(13)23/h1-8,16,23H. The van der Waals surface area contributed by atoms with Crippen molar-refractivity contribution in [2.45, 2.75) is 12.3 Å². The molecule has 0 fully saturated rings. The predicted octanol–water partition coefficient (Wildman–Crippen LogP) is 4.32. The summed E-state index contributed by atoms with van der Waals surface area (Å²) in [5.74, 6) is -1.74. The van der Waals surface area contributed by atoms with Crippen LogP contribution in [0.15, 0.2) is 54.1 Å². The van der Waals surface area contributed by atoms with Crippen LogP contribution in [-0.2, 0) is 6.18 Å². The molecule has 6 heteroatoms. The first kappa shape index (κ1) is 15.4. The number of alkyl halides is 3. The van der Waals surface area contributed by atoms with Crippen molar-refractivity contribution >= 4 is 11.6 Å². The van der Waals surface area contributed by atoms with Gasteiger partial charge >= 0.3 is 6.18 Å². The Hall–Kier alpha value is -2.47. The van der Waals surface area contributed by atoms with E-state index >= 15 is 0 Å². The molecular formula is C17H10F4O2. The van der Waals surface area contributed by atoms with Crippen LogP contribution < -0.4 is 0 Å². The number of rotatable bonds is 1. The van der Waals surface area contributed by atoms with Crippen molar-refractivity contribution in [1.29, 1.82) is 0 Å². The average molecular weight is 322 g/mol. The smallest absolute Gasteiger partial charge is 0.383 e. The van der Waals surface area contributed by atoms with Gasteiger partial charge in [-0.15, -0.1) is 0 Å². The van der Waals surface area contributed by atoms with E-state index in [2.05, 4.69) is 0 Å². The minimum atomic E-state index is -4.61. The first-order valence-corrected chi connectivity index (χ1v) is 6.69. The second-order valence-electron chi connectivity index (χ2n) is 5.13. The molecule has 0 bridgehead atoms. The molecule has 0 amide bonds. The molecule has 1 N–H and O–H groups in total. The maximum atomic E-state index is 14.5. The third-order valence-corrected chi connectivity index (χ3v) is 3.70. The minimum absolute atomic E-state index is 0.0822. The largest absolute Gasteiger partial charge is 0.416 e. The van der Waals surface area contributed by atoms with Crippen LogP contribution in [0.4, 0.5) is 17.6 Å². The van der Waals surface area contributed by atoms with Gasteiger partial charge in [0.2, 0.25) is 0 Å². The number of hydrogen-bond donors (Lipinski definition) is 1. The van der Waals surface area contributed by atoms with Gasteiger partial charge in [-0.05, 0) is 17.7 Å². The van der Waals surface area contributed by atoms with Crippen LogP contribution in [0.2, 0.25) is 0 Å². The lowest BCUT2D eigenvalue weighted by Gasteiger charge is -2.10. The zero-order chi connectivity index (χ0) is 16.8. The van der Waals surface area contributed by atoms with Gasteiger partial charge in [-0.25, -0.2) is 4.39 Å². The molecular weight excluding hydrogens is 312 g/mol. The van der Waals surface area contributed by atoms with Crippen LogP contribution in [0.3, 0.4) is 0 Å². The van der Waals surface area contributed by atoms with Gasteiger partial charge in [-0.3, -0.25) is 4.79 Å². The second-order valence-corrected chi connectivity index (χ2v) is 5.13. The van der Waals surface area contributed by atoms with Crippen molar-refractivity contribution in [2.24, 2.45) is 0 Å². The minimum Gasteiger partial charge on any atom is -0.383 e. The van der Waals surface area contributed by atoms with Gasteiger partial charge in [0.15, 0.2) is 5.78 Å². The zero-order valence-corrected chi connectivity index (χ0v) is 11.6. The normalized spacial score (nSPS) is 19.7. The fourth-order valence-corrected chi connectivity index (χ4v) is 2.56. The lowest BCUT2D eigenvalue weighted by Crippen LogP contribution is -2.06. The van der Waals surface area contributed by atoms with Gasteiger partial charge in [-0.1, -0.05) is 36.4 Å². The Labute approximate surface area is 128 Å². The van der Waals surface area contributed by atoms with Gasteiger partial charge in [0.05, 0.1) is 11.1 Å². The maximum Gasteiger partial charge on any atom is 0.416 e. The van der Waals surface area contributed by atoms with Crippen LogP contribution in [0.1, 0.15) is 33.2 Å². The van der Waals surface area contributed by atoms with Crippen LogP contribution in [0.25, 0.3) is 5.83 Å². The van der Waals surface area contributed by atoms with E-state index in [-0.39, 0.29) is 16.7 Å². The number of Topliss-reactive ketones (excluding diaryl/α,β-unsaturated/α-hetero) is 1. The molecule has 0 aromatic heterocycles. The van der Waals surface area contributed by atoms with Gasteiger partial charge in [-0.2, -0.15) is 13.2 Å². The molecule has 0 radical (unpaired) electrons. The van der Waals surface area contributed by atoms with Crippen molar-refractivity contribution < 1.29 is 27.5 Å². The van der Waals surface area contributed by atoms with E-state index in [4.69, 9.17) is 0 Å². The lowest BCUT2D eigenvalue weighted by molar-refractivity contribution is -0.137. The van der Waals surface area contributed by atoms with Gasteiger partial charge in [0.1, 0.15) is 11.9 Å². The van der Waals surface area contributed by atoms with Gasteiger partial charge < -0.3 is 5.11 Å². The third kappa shape index (κ3) is 2.55. The molecule has 1 unspecified atom stereocenters. The van der Waals surface area contributed by atoms with Gasteiger partial charge in [0.25, 0.3) is 0 Å². The summed E-state index contributed by atoms with van der Waals surface area (Å²) in [7, 11) is 0. The highest BCUT2D eigenvalue weighted by atomic mass is 19.4. The number of aliphatic hydroxyl groups excluding tert-OH is 1. The first-order valence-electron chi connectivity index (χ1n) is 6.69. The highest BCUT2D eigenvalue weighted by Gasteiger charge is 2.39. The molecule has 0 spiro atoms. The molecule has 1 aliphatic rings. The zero-order valence-electron chi connectivity index (χ0n) is 11.6. The van der Waals surface area contributed by atoms with Crippen molar-refractivity contribution in [3.63, 3.8) is 0 Å². The number of aliphatic hydroxyl groups is 1. The lowest BCUT2D eigenvalue weighted by atomic mass is 10.0. The predicted molar refractivity (Wildman–Crippen MR) is 75.2 cm³/mol. The Morgan fingerprint density at radius 3 is 2.30 bits per heavy atom. The molecule has 1 atom stereocenters. The fraction of sp³-hybridized carbons (Fsp3) is 0.118. The molecule has 2 nitrogen and oxygen atoms in total. The number of carbonyl (C=O) groups is 1.